The fraction of sp³-hybridized carbons (Fsp3) is 0.211. The smallest absolute Gasteiger partial charge is 0.257 e. The fourth-order valence-corrected chi connectivity index (χ4v) is 2.98. The van der Waals surface area contributed by atoms with E-state index >= 15 is 0 Å². The van der Waals surface area contributed by atoms with Crippen LogP contribution in [-0.4, -0.2) is 30.0 Å². The fourth-order valence-electron chi connectivity index (χ4n) is 2.24. The van der Waals surface area contributed by atoms with Crippen LogP contribution in [-0.2, 0) is 0 Å². The SMILES string of the molecule is CN(C)C(=O)c1cccc(N)c1O.C[C@@H](Nc1cc(=O)c1=O)c1cccs1. The molecule has 4 N–H and O–H groups in total. The maximum atomic E-state index is 11.4. The second-order valence-corrected chi connectivity index (χ2v) is 7.06. The predicted molar refractivity (Wildman–Crippen MR) is 108 cm³/mol. The molecule has 1 atom stereocenters. The van der Waals surface area contributed by atoms with Crippen molar-refractivity contribution in [3.05, 3.63) is 72.7 Å². The minimum Gasteiger partial charge on any atom is -0.505 e. The van der Waals surface area contributed by atoms with Gasteiger partial charge < -0.3 is 21.1 Å². The van der Waals surface area contributed by atoms with Gasteiger partial charge in [-0.15, -0.1) is 11.3 Å². The van der Waals surface area contributed by atoms with E-state index in [2.05, 4.69) is 5.32 Å². The van der Waals surface area contributed by atoms with Crippen LogP contribution >= 0.6 is 11.3 Å². The minimum absolute atomic E-state index is 0.0818. The number of nitrogens with zero attached hydrogens (tertiary/aromatic N) is 1. The first kappa shape index (κ1) is 20.2. The maximum Gasteiger partial charge on any atom is 0.257 e. The van der Waals surface area contributed by atoms with E-state index in [0.717, 1.165) is 4.88 Å². The first-order valence-corrected chi connectivity index (χ1v) is 8.99. The van der Waals surface area contributed by atoms with Crippen LogP contribution in [0.15, 0.2) is 51.4 Å². The lowest BCUT2D eigenvalue weighted by atomic mass is 10.1. The Morgan fingerprint density at radius 2 is 1.93 bits per heavy atom. The number of benzene rings is 1. The highest BCUT2D eigenvalue weighted by Gasteiger charge is 2.14. The third-order valence-electron chi connectivity index (χ3n) is 3.79. The van der Waals surface area contributed by atoms with E-state index in [1.807, 2.05) is 24.4 Å². The lowest BCUT2D eigenvalue weighted by Gasteiger charge is -2.13. The van der Waals surface area contributed by atoms with Gasteiger partial charge in [0, 0.05) is 25.0 Å². The number of carbonyl (C=O) groups excluding carboxylic acids is 1. The van der Waals surface area contributed by atoms with Gasteiger partial charge in [-0.05, 0) is 30.5 Å². The lowest BCUT2D eigenvalue weighted by Crippen LogP contribution is -2.33. The van der Waals surface area contributed by atoms with Crippen LogP contribution in [0.2, 0.25) is 0 Å². The van der Waals surface area contributed by atoms with Crippen molar-refractivity contribution in [2.24, 2.45) is 0 Å². The normalized spacial score (nSPS) is 11.4. The third-order valence-corrected chi connectivity index (χ3v) is 4.84. The molecule has 2 aromatic carbocycles. The van der Waals surface area contributed by atoms with Crippen LogP contribution in [0.5, 0.6) is 5.75 Å². The number of aromatic hydroxyl groups is 1. The van der Waals surface area contributed by atoms with E-state index in [1.54, 1.807) is 37.6 Å². The molecule has 0 bridgehead atoms. The summed E-state index contributed by atoms with van der Waals surface area (Å²) >= 11 is 1.62. The van der Waals surface area contributed by atoms with Gasteiger partial charge in [-0.1, -0.05) is 12.1 Å². The molecule has 1 amide bonds. The maximum absolute atomic E-state index is 11.4. The van der Waals surface area contributed by atoms with Crippen LogP contribution in [0.4, 0.5) is 11.4 Å². The largest absolute Gasteiger partial charge is 0.505 e. The molecule has 1 aromatic heterocycles. The Kier molecular flexibility index (Phi) is 6.36. The number of amides is 1. The van der Waals surface area contributed by atoms with E-state index in [1.165, 1.54) is 17.0 Å². The first-order chi connectivity index (χ1) is 12.7. The Hall–Kier alpha value is -3.13. The second kappa shape index (κ2) is 8.50. The highest BCUT2D eigenvalue weighted by Crippen LogP contribution is 2.25. The van der Waals surface area contributed by atoms with Gasteiger partial charge in [0.2, 0.25) is 10.9 Å². The van der Waals surface area contributed by atoms with Crippen molar-refractivity contribution in [3.8, 4) is 5.75 Å². The molecule has 0 aliphatic carbocycles. The predicted octanol–water partition coefficient (Wildman–Crippen LogP) is 2.19. The van der Waals surface area contributed by atoms with E-state index in [0.29, 0.717) is 5.69 Å². The van der Waals surface area contributed by atoms with Gasteiger partial charge in [0.25, 0.3) is 5.91 Å². The summed E-state index contributed by atoms with van der Waals surface area (Å²) in [5, 5.41) is 14.4. The number of hydrogen-bond donors (Lipinski definition) is 3. The molecule has 0 aliphatic heterocycles. The second-order valence-electron chi connectivity index (χ2n) is 6.08. The topological polar surface area (TPSA) is 113 Å². The van der Waals surface area contributed by atoms with Gasteiger partial charge in [0.1, 0.15) is 0 Å². The summed E-state index contributed by atoms with van der Waals surface area (Å²) in [5.41, 5.74) is 5.49. The Labute approximate surface area is 160 Å². The Bertz CT molecular complexity index is 989. The van der Waals surface area contributed by atoms with Gasteiger partial charge in [0.05, 0.1) is 23.0 Å². The summed E-state index contributed by atoms with van der Waals surface area (Å²) in [4.78, 5) is 35.6. The van der Waals surface area contributed by atoms with E-state index in [9.17, 15) is 19.5 Å². The molecule has 0 unspecified atom stereocenters. The minimum atomic E-state index is -0.411. The van der Waals surface area contributed by atoms with Crippen LogP contribution in [0.3, 0.4) is 0 Å². The molecule has 27 heavy (non-hydrogen) atoms. The van der Waals surface area contributed by atoms with Gasteiger partial charge in [-0.3, -0.25) is 14.4 Å². The van der Waals surface area contributed by atoms with Crippen LogP contribution in [0.25, 0.3) is 0 Å². The van der Waals surface area contributed by atoms with Crippen molar-refractivity contribution in [2.45, 2.75) is 13.0 Å². The zero-order valence-electron chi connectivity index (χ0n) is 15.2. The molecule has 0 spiro atoms. The van der Waals surface area contributed by atoms with Gasteiger partial charge >= 0.3 is 0 Å². The Morgan fingerprint density at radius 1 is 1.22 bits per heavy atom. The zero-order valence-corrected chi connectivity index (χ0v) is 16.0. The number of phenols is 1. The summed E-state index contributed by atoms with van der Waals surface area (Å²) in [5.74, 6) is -0.411. The number of carbonyl (C=O) groups is 1. The standard InChI is InChI=1S/C10H9NO2S.C9H12N2O2/c1-6(9-3-2-4-14-9)11-7-5-8(12)10(7)13;1-11(2)9(13)6-4-3-5-7(10)8(6)12/h2-6,11H,1H3;3-5,12H,10H2,1-2H3/t6-;/m1./s1. The number of rotatable bonds is 4. The van der Waals surface area contributed by atoms with Crippen LogP contribution < -0.4 is 21.9 Å². The number of nitrogens with one attached hydrogen (secondary N) is 1. The van der Waals surface area contributed by atoms with Crippen molar-refractivity contribution >= 4 is 28.6 Å². The van der Waals surface area contributed by atoms with Crippen molar-refractivity contribution in [1.82, 2.24) is 4.90 Å². The molecule has 0 radical (unpaired) electrons. The summed E-state index contributed by atoms with van der Waals surface area (Å²) in [6.45, 7) is 1.96. The van der Waals surface area contributed by atoms with E-state index in [4.69, 9.17) is 5.73 Å². The van der Waals surface area contributed by atoms with Crippen molar-refractivity contribution in [2.75, 3.05) is 25.1 Å². The van der Waals surface area contributed by atoms with Gasteiger partial charge in [-0.25, -0.2) is 0 Å². The molecule has 0 fully saturated rings. The summed E-state index contributed by atoms with van der Waals surface area (Å²) < 4.78 is 0. The summed E-state index contributed by atoms with van der Waals surface area (Å²) in [6, 6.07) is 10.1. The Morgan fingerprint density at radius 3 is 2.44 bits per heavy atom. The molecule has 142 valence electrons. The van der Waals surface area contributed by atoms with E-state index in [-0.39, 0.29) is 28.9 Å². The number of phenolic OH excluding ortho intramolecular Hbond substituents is 1. The van der Waals surface area contributed by atoms with Crippen molar-refractivity contribution < 1.29 is 9.90 Å². The quantitative estimate of drug-likeness (QED) is 0.359. The van der Waals surface area contributed by atoms with Crippen molar-refractivity contribution in [1.29, 1.82) is 0 Å². The molecule has 3 aromatic rings. The molecule has 0 saturated heterocycles. The lowest BCUT2D eigenvalue weighted by molar-refractivity contribution is 0.0824. The molecule has 0 aliphatic rings. The van der Waals surface area contributed by atoms with Gasteiger partial charge in [0.15, 0.2) is 5.75 Å². The number of thiophene rings is 1. The highest BCUT2D eigenvalue weighted by molar-refractivity contribution is 7.10. The molecule has 1 heterocycles. The van der Waals surface area contributed by atoms with Crippen LogP contribution in [0.1, 0.15) is 28.2 Å². The average Bonchev–Trinajstić information content (AvgIpc) is 3.18. The monoisotopic (exact) mass is 387 g/mol. The Balaban J connectivity index is 0.000000194. The van der Waals surface area contributed by atoms with E-state index < -0.39 is 10.9 Å². The molecule has 7 nitrogen and oxygen atoms in total. The molecule has 3 rings (SSSR count). The molecular formula is C19H21N3O4S. The number of nitrogens with two attached hydrogens (primary N) is 1. The van der Waals surface area contributed by atoms with Gasteiger partial charge in [-0.2, -0.15) is 0 Å². The zero-order chi connectivity index (χ0) is 20.1. The van der Waals surface area contributed by atoms with Crippen LogP contribution in [0, 0.1) is 0 Å². The molecular weight excluding hydrogens is 366 g/mol. The number of para-hydroxylation sites is 1. The average molecular weight is 387 g/mol. The molecule has 0 saturated carbocycles. The van der Waals surface area contributed by atoms with Crippen molar-refractivity contribution in [3.63, 3.8) is 0 Å². The number of nitrogen functional groups attached to an aromatic ring is 1. The highest BCUT2D eigenvalue weighted by atomic mass is 32.1. The number of anilines is 2. The molecule has 8 heteroatoms. The third kappa shape index (κ3) is 4.73. The number of hydrogen-bond acceptors (Lipinski definition) is 7. The first-order valence-electron chi connectivity index (χ1n) is 8.11. The summed E-state index contributed by atoms with van der Waals surface area (Å²) in [6.07, 6.45) is 0. The summed E-state index contributed by atoms with van der Waals surface area (Å²) in [7, 11) is 3.23.